The first-order valence-corrected chi connectivity index (χ1v) is 8.74. The third kappa shape index (κ3) is 3.33. The third-order valence-electron chi connectivity index (χ3n) is 5.00. The third-order valence-corrected chi connectivity index (χ3v) is 5.00. The summed E-state index contributed by atoms with van der Waals surface area (Å²) in [5, 5.41) is 4.18. The minimum atomic E-state index is 0.689. The number of anilines is 1. The van der Waals surface area contributed by atoms with Gasteiger partial charge in [0.2, 0.25) is 5.76 Å². The topological polar surface area (TPSA) is 45.7 Å². The maximum absolute atomic E-state index is 5.39. The Balaban J connectivity index is 1.37. The lowest BCUT2D eigenvalue weighted by molar-refractivity contribution is 0.242. The van der Waals surface area contributed by atoms with Crippen LogP contribution in [-0.2, 0) is 6.54 Å². The van der Waals surface area contributed by atoms with Gasteiger partial charge in [-0.3, -0.25) is 4.90 Å². The van der Waals surface area contributed by atoms with Gasteiger partial charge in [-0.15, -0.1) is 0 Å². The Kier molecular flexibility index (Phi) is 4.32. The second-order valence-corrected chi connectivity index (χ2v) is 6.64. The van der Waals surface area contributed by atoms with Crippen LogP contribution in [-0.4, -0.2) is 36.2 Å². The molecule has 0 bridgehead atoms. The van der Waals surface area contributed by atoms with Crippen molar-refractivity contribution in [3.05, 3.63) is 59.5 Å². The van der Waals surface area contributed by atoms with Gasteiger partial charge in [-0.2, -0.15) is 0 Å². The molecule has 1 aliphatic rings. The van der Waals surface area contributed by atoms with E-state index in [0.29, 0.717) is 5.76 Å². The van der Waals surface area contributed by atoms with Crippen LogP contribution in [0.2, 0.25) is 0 Å². The molecule has 1 fully saturated rings. The fourth-order valence-electron chi connectivity index (χ4n) is 3.38. The van der Waals surface area contributed by atoms with Crippen molar-refractivity contribution in [3.8, 4) is 11.5 Å². The number of piperazine rings is 1. The standard InChI is InChI=1S/C20H23N3O2/c1-15-5-3-6-18(16(15)2)23-10-8-22(9-11-23)14-17-13-20(25-21-17)19-7-4-12-24-19/h3-7,12-13H,8-11,14H2,1-2H3. The van der Waals surface area contributed by atoms with Crippen LogP contribution in [0.1, 0.15) is 16.8 Å². The van der Waals surface area contributed by atoms with Crippen molar-refractivity contribution in [1.29, 1.82) is 0 Å². The van der Waals surface area contributed by atoms with Gasteiger partial charge >= 0.3 is 0 Å². The predicted molar refractivity (Wildman–Crippen MR) is 97.6 cm³/mol. The summed E-state index contributed by atoms with van der Waals surface area (Å²) in [6, 6.07) is 12.3. The zero-order valence-corrected chi connectivity index (χ0v) is 14.7. The Bertz CT molecular complexity index is 831. The Morgan fingerprint density at radius 3 is 2.60 bits per heavy atom. The van der Waals surface area contributed by atoms with Crippen molar-refractivity contribution >= 4 is 5.69 Å². The number of rotatable bonds is 4. The minimum absolute atomic E-state index is 0.689. The summed E-state index contributed by atoms with van der Waals surface area (Å²) in [6.45, 7) is 9.32. The average molecular weight is 337 g/mol. The fraction of sp³-hybridized carbons (Fsp3) is 0.350. The van der Waals surface area contributed by atoms with Crippen molar-refractivity contribution in [2.75, 3.05) is 31.1 Å². The molecule has 5 heteroatoms. The van der Waals surface area contributed by atoms with Crippen molar-refractivity contribution < 1.29 is 8.94 Å². The minimum Gasteiger partial charge on any atom is -0.461 e. The Labute approximate surface area is 147 Å². The Morgan fingerprint density at radius 2 is 1.84 bits per heavy atom. The summed E-state index contributed by atoms with van der Waals surface area (Å²) in [7, 11) is 0. The van der Waals surface area contributed by atoms with Gasteiger partial charge in [-0.25, -0.2) is 0 Å². The maximum atomic E-state index is 5.39. The van der Waals surface area contributed by atoms with Crippen LogP contribution in [0.15, 0.2) is 51.6 Å². The molecule has 0 amide bonds. The summed E-state index contributed by atoms with van der Waals surface area (Å²) >= 11 is 0. The average Bonchev–Trinajstić information content (AvgIpc) is 3.30. The molecule has 0 unspecified atom stereocenters. The first kappa shape index (κ1) is 16.0. The molecular weight excluding hydrogens is 314 g/mol. The van der Waals surface area contributed by atoms with Crippen molar-refractivity contribution in [3.63, 3.8) is 0 Å². The molecular formula is C20H23N3O2. The van der Waals surface area contributed by atoms with Crippen LogP contribution in [0.5, 0.6) is 0 Å². The highest BCUT2D eigenvalue weighted by atomic mass is 16.5. The molecule has 1 aromatic carbocycles. The van der Waals surface area contributed by atoms with E-state index in [-0.39, 0.29) is 0 Å². The summed E-state index contributed by atoms with van der Waals surface area (Å²) in [5.41, 5.74) is 5.05. The molecule has 0 spiro atoms. The summed E-state index contributed by atoms with van der Waals surface area (Å²) in [5.74, 6) is 1.41. The largest absolute Gasteiger partial charge is 0.461 e. The highest BCUT2D eigenvalue weighted by Gasteiger charge is 2.20. The fourth-order valence-corrected chi connectivity index (χ4v) is 3.38. The second kappa shape index (κ2) is 6.76. The van der Waals surface area contributed by atoms with Gasteiger partial charge in [-0.05, 0) is 43.2 Å². The van der Waals surface area contributed by atoms with Gasteiger partial charge in [0, 0.05) is 44.5 Å². The summed E-state index contributed by atoms with van der Waals surface area (Å²) in [6.07, 6.45) is 1.64. The van der Waals surface area contributed by atoms with Crippen LogP contribution in [0, 0.1) is 13.8 Å². The van der Waals surface area contributed by atoms with Gasteiger partial charge < -0.3 is 13.8 Å². The van der Waals surface area contributed by atoms with Crippen LogP contribution < -0.4 is 4.90 Å². The quantitative estimate of drug-likeness (QED) is 0.723. The smallest absolute Gasteiger partial charge is 0.202 e. The number of nitrogens with zero attached hydrogens (tertiary/aromatic N) is 3. The van der Waals surface area contributed by atoms with Crippen LogP contribution in [0.3, 0.4) is 0 Å². The lowest BCUT2D eigenvalue weighted by Gasteiger charge is -2.36. The number of furan rings is 1. The molecule has 1 aliphatic heterocycles. The summed E-state index contributed by atoms with van der Waals surface area (Å²) < 4.78 is 10.7. The van der Waals surface area contributed by atoms with E-state index in [9.17, 15) is 0 Å². The van der Waals surface area contributed by atoms with Gasteiger partial charge in [0.25, 0.3) is 0 Å². The van der Waals surface area contributed by atoms with E-state index in [1.54, 1.807) is 6.26 Å². The highest BCUT2D eigenvalue weighted by Crippen LogP contribution is 2.25. The van der Waals surface area contributed by atoms with Crippen molar-refractivity contribution in [1.82, 2.24) is 10.1 Å². The zero-order valence-electron chi connectivity index (χ0n) is 14.7. The highest BCUT2D eigenvalue weighted by molar-refractivity contribution is 5.56. The van der Waals surface area contributed by atoms with Crippen LogP contribution in [0.25, 0.3) is 11.5 Å². The van der Waals surface area contributed by atoms with Gasteiger partial charge in [0.1, 0.15) is 0 Å². The SMILES string of the molecule is Cc1cccc(N2CCN(Cc3cc(-c4ccco4)on3)CC2)c1C. The van der Waals surface area contributed by atoms with E-state index < -0.39 is 0 Å². The van der Waals surface area contributed by atoms with E-state index >= 15 is 0 Å². The molecule has 0 N–H and O–H groups in total. The lowest BCUT2D eigenvalue weighted by atomic mass is 10.1. The van der Waals surface area contributed by atoms with Gasteiger partial charge in [0.15, 0.2) is 5.76 Å². The van der Waals surface area contributed by atoms with Crippen molar-refractivity contribution in [2.24, 2.45) is 0 Å². The molecule has 2 aromatic heterocycles. The van der Waals surface area contributed by atoms with Crippen LogP contribution >= 0.6 is 0 Å². The molecule has 4 rings (SSSR count). The maximum Gasteiger partial charge on any atom is 0.202 e. The molecule has 0 saturated carbocycles. The lowest BCUT2D eigenvalue weighted by Crippen LogP contribution is -2.46. The first-order valence-electron chi connectivity index (χ1n) is 8.74. The molecule has 25 heavy (non-hydrogen) atoms. The molecule has 5 nitrogen and oxygen atoms in total. The molecule has 3 heterocycles. The van der Waals surface area contributed by atoms with Crippen molar-refractivity contribution in [2.45, 2.75) is 20.4 Å². The van der Waals surface area contributed by atoms with Crippen LogP contribution in [0.4, 0.5) is 5.69 Å². The first-order chi connectivity index (χ1) is 12.2. The Morgan fingerprint density at radius 1 is 1.00 bits per heavy atom. The molecule has 3 aromatic rings. The van der Waals surface area contributed by atoms with E-state index in [2.05, 4.69) is 47.0 Å². The predicted octanol–water partition coefficient (Wildman–Crippen LogP) is 3.87. The van der Waals surface area contributed by atoms with E-state index in [1.807, 2.05) is 18.2 Å². The zero-order chi connectivity index (χ0) is 17.2. The monoisotopic (exact) mass is 337 g/mol. The molecule has 130 valence electrons. The summed E-state index contributed by atoms with van der Waals surface area (Å²) in [4.78, 5) is 4.90. The second-order valence-electron chi connectivity index (χ2n) is 6.64. The van der Waals surface area contributed by atoms with E-state index in [4.69, 9.17) is 8.94 Å². The molecule has 0 atom stereocenters. The van der Waals surface area contributed by atoms with Gasteiger partial charge in [-0.1, -0.05) is 17.3 Å². The van der Waals surface area contributed by atoms with E-state index in [0.717, 1.165) is 44.2 Å². The van der Waals surface area contributed by atoms with E-state index in [1.165, 1.54) is 16.8 Å². The number of benzene rings is 1. The number of aromatic nitrogens is 1. The molecule has 1 saturated heterocycles. The normalized spacial score (nSPS) is 15.7. The molecule has 0 aliphatic carbocycles. The number of hydrogen-bond donors (Lipinski definition) is 0. The van der Waals surface area contributed by atoms with Gasteiger partial charge in [0.05, 0.1) is 12.0 Å². The Hall–Kier alpha value is -2.53. The number of hydrogen-bond acceptors (Lipinski definition) is 5. The molecule has 0 radical (unpaired) electrons. The number of aryl methyl sites for hydroxylation is 1.